The van der Waals surface area contributed by atoms with E-state index in [4.69, 9.17) is 4.99 Å². The number of nitrogens with one attached hydrogen (secondary N) is 1. The molecule has 1 N–H and O–H groups in total. The van der Waals surface area contributed by atoms with Gasteiger partial charge in [0.25, 0.3) is 0 Å². The van der Waals surface area contributed by atoms with Crippen LogP contribution in [-0.2, 0) is 0 Å². The van der Waals surface area contributed by atoms with Crippen LogP contribution in [0.25, 0.3) is 0 Å². The highest BCUT2D eigenvalue weighted by Gasteiger charge is 2.18. The molecule has 0 bridgehead atoms. The van der Waals surface area contributed by atoms with Crippen LogP contribution in [0.2, 0.25) is 0 Å². The molecule has 3 nitrogen and oxygen atoms in total. The predicted octanol–water partition coefficient (Wildman–Crippen LogP) is 4.58. The third kappa shape index (κ3) is 6.71. The molecule has 0 aromatic rings. The molecule has 0 aromatic carbocycles. The van der Waals surface area contributed by atoms with Crippen LogP contribution >= 0.6 is 0 Å². The number of hydrogen-bond acceptors (Lipinski definition) is 1. The largest absolute Gasteiger partial charge is 0.354 e. The van der Waals surface area contributed by atoms with Gasteiger partial charge in [-0.05, 0) is 39.0 Å². The van der Waals surface area contributed by atoms with E-state index in [0.29, 0.717) is 12.1 Å². The molecular weight excluding hydrogens is 258 g/mol. The van der Waals surface area contributed by atoms with Crippen LogP contribution in [0.15, 0.2) is 4.99 Å². The Morgan fingerprint density at radius 1 is 1.10 bits per heavy atom. The minimum absolute atomic E-state index is 0.547. The van der Waals surface area contributed by atoms with Gasteiger partial charge in [0.2, 0.25) is 0 Å². The molecule has 1 fully saturated rings. The van der Waals surface area contributed by atoms with Gasteiger partial charge < -0.3 is 10.2 Å². The van der Waals surface area contributed by atoms with E-state index in [9.17, 15) is 0 Å². The molecule has 1 saturated carbocycles. The summed E-state index contributed by atoms with van der Waals surface area (Å²) in [6.07, 6.45) is 11.5. The second-order valence-electron chi connectivity index (χ2n) is 6.36. The highest BCUT2D eigenvalue weighted by atomic mass is 15.3. The Labute approximate surface area is 132 Å². The summed E-state index contributed by atoms with van der Waals surface area (Å²) in [5, 5.41) is 3.76. The smallest absolute Gasteiger partial charge is 0.194 e. The van der Waals surface area contributed by atoms with Gasteiger partial charge in [0, 0.05) is 19.1 Å². The normalized spacial score (nSPS) is 18.6. The molecule has 0 spiro atoms. The highest BCUT2D eigenvalue weighted by Crippen LogP contribution is 2.20. The Hall–Kier alpha value is -0.730. The first-order valence-electron chi connectivity index (χ1n) is 9.34. The van der Waals surface area contributed by atoms with Crippen molar-refractivity contribution in [2.45, 2.75) is 97.6 Å². The zero-order chi connectivity index (χ0) is 15.5. The molecule has 0 radical (unpaired) electrons. The van der Waals surface area contributed by atoms with Crippen molar-refractivity contribution < 1.29 is 0 Å². The van der Waals surface area contributed by atoms with E-state index in [1.54, 1.807) is 0 Å². The Kier molecular flexibility index (Phi) is 9.53. The summed E-state index contributed by atoms with van der Waals surface area (Å²) in [6.45, 7) is 11.2. The van der Waals surface area contributed by atoms with Crippen LogP contribution in [0.1, 0.15) is 85.5 Å². The average Bonchev–Trinajstić information content (AvgIpc) is 2.52. The molecule has 0 aromatic heterocycles. The van der Waals surface area contributed by atoms with Gasteiger partial charge in [0.15, 0.2) is 5.96 Å². The van der Waals surface area contributed by atoms with Crippen LogP contribution in [-0.4, -0.2) is 36.0 Å². The molecule has 3 heteroatoms. The molecule has 1 rings (SSSR count). The summed E-state index contributed by atoms with van der Waals surface area (Å²) in [4.78, 5) is 7.56. The van der Waals surface area contributed by atoms with Gasteiger partial charge in [0.05, 0.1) is 6.04 Å². The molecule has 0 saturated heterocycles. The fourth-order valence-corrected chi connectivity index (χ4v) is 3.19. The predicted molar refractivity (Wildman–Crippen MR) is 94.0 cm³/mol. The lowest BCUT2D eigenvalue weighted by Gasteiger charge is -2.30. The zero-order valence-corrected chi connectivity index (χ0v) is 14.8. The fourth-order valence-electron chi connectivity index (χ4n) is 3.19. The first-order valence-corrected chi connectivity index (χ1v) is 9.34. The van der Waals surface area contributed by atoms with E-state index in [-0.39, 0.29) is 0 Å². The molecule has 1 aliphatic rings. The van der Waals surface area contributed by atoms with E-state index < -0.39 is 0 Å². The molecule has 0 heterocycles. The Balaban J connectivity index is 2.78. The Morgan fingerprint density at radius 3 is 2.33 bits per heavy atom. The van der Waals surface area contributed by atoms with Crippen molar-refractivity contribution in [3.05, 3.63) is 0 Å². The number of hydrogen-bond donors (Lipinski definition) is 1. The summed E-state index contributed by atoms with van der Waals surface area (Å²) >= 11 is 0. The molecule has 0 amide bonds. The molecule has 124 valence electrons. The van der Waals surface area contributed by atoms with Gasteiger partial charge in [-0.1, -0.05) is 46.5 Å². The van der Waals surface area contributed by atoms with Crippen molar-refractivity contribution >= 4 is 5.96 Å². The average molecular weight is 296 g/mol. The zero-order valence-electron chi connectivity index (χ0n) is 14.8. The van der Waals surface area contributed by atoms with Gasteiger partial charge >= 0.3 is 0 Å². The number of rotatable bonds is 8. The van der Waals surface area contributed by atoms with Gasteiger partial charge in [-0.25, -0.2) is 4.99 Å². The van der Waals surface area contributed by atoms with E-state index in [2.05, 4.69) is 37.9 Å². The second kappa shape index (κ2) is 10.9. The standard InChI is InChI=1S/C18H37N3/c1-5-12-16(7-3)19-18(21(8-4)15-6-2)20-17-13-10-9-11-14-17/h16-17H,5-15H2,1-4H3,(H,19,20). The van der Waals surface area contributed by atoms with Gasteiger partial charge in [-0.15, -0.1) is 0 Å². The lowest BCUT2D eigenvalue weighted by atomic mass is 9.96. The van der Waals surface area contributed by atoms with E-state index >= 15 is 0 Å². The maximum Gasteiger partial charge on any atom is 0.194 e. The summed E-state index contributed by atoms with van der Waals surface area (Å²) in [6, 6.07) is 1.12. The second-order valence-corrected chi connectivity index (χ2v) is 6.36. The fraction of sp³-hybridized carbons (Fsp3) is 0.944. The van der Waals surface area contributed by atoms with Crippen LogP contribution in [0.5, 0.6) is 0 Å². The van der Waals surface area contributed by atoms with Crippen molar-refractivity contribution in [3.8, 4) is 0 Å². The summed E-state index contributed by atoms with van der Waals surface area (Å²) in [5.41, 5.74) is 0. The SMILES string of the molecule is CCCC(CC)NC(=NC1CCCCC1)N(CC)CCC. The molecule has 0 aliphatic heterocycles. The summed E-state index contributed by atoms with van der Waals surface area (Å²) < 4.78 is 0. The maximum absolute atomic E-state index is 5.13. The van der Waals surface area contributed by atoms with Gasteiger partial charge in [0.1, 0.15) is 0 Å². The first-order chi connectivity index (χ1) is 10.2. The topological polar surface area (TPSA) is 27.6 Å². The van der Waals surface area contributed by atoms with Crippen LogP contribution in [0.3, 0.4) is 0 Å². The molecule has 21 heavy (non-hydrogen) atoms. The summed E-state index contributed by atoms with van der Waals surface area (Å²) in [5.74, 6) is 1.17. The number of aliphatic imine (C=N–C) groups is 1. The van der Waals surface area contributed by atoms with Gasteiger partial charge in [-0.3, -0.25) is 0 Å². The number of nitrogens with zero attached hydrogens (tertiary/aromatic N) is 2. The molecule has 1 aliphatic carbocycles. The third-order valence-corrected chi connectivity index (χ3v) is 4.52. The molecule has 1 unspecified atom stereocenters. The van der Waals surface area contributed by atoms with Crippen LogP contribution in [0, 0.1) is 0 Å². The molecular formula is C18H37N3. The van der Waals surface area contributed by atoms with Crippen molar-refractivity contribution in [3.63, 3.8) is 0 Å². The molecule has 1 atom stereocenters. The van der Waals surface area contributed by atoms with Crippen molar-refractivity contribution in [2.75, 3.05) is 13.1 Å². The summed E-state index contributed by atoms with van der Waals surface area (Å²) in [7, 11) is 0. The van der Waals surface area contributed by atoms with Crippen molar-refractivity contribution in [2.24, 2.45) is 4.99 Å². The first kappa shape index (κ1) is 18.3. The number of guanidine groups is 1. The lowest BCUT2D eigenvalue weighted by Crippen LogP contribution is -2.47. The Morgan fingerprint density at radius 2 is 1.81 bits per heavy atom. The van der Waals surface area contributed by atoms with Crippen LogP contribution in [0.4, 0.5) is 0 Å². The van der Waals surface area contributed by atoms with Gasteiger partial charge in [-0.2, -0.15) is 0 Å². The Bertz CT molecular complexity index is 282. The van der Waals surface area contributed by atoms with Crippen LogP contribution < -0.4 is 5.32 Å². The monoisotopic (exact) mass is 295 g/mol. The minimum atomic E-state index is 0.547. The van der Waals surface area contributed by atoms with E-state index in [0.717, 1.165) is 13.1 Å². The van der Waals surface area contributed by atoms with Crippen molar-refractivity contribution in [1.29, 1.82) is 0 Å². The van der Waals surface area contributed by atoms with E-state index in [1.165, 1.54) is 63.7 Å². The van der Waals surface area contributed by atoms with E-state index in [1.807, 2.05) is 0 Å². The lowest BCUT2D eigenvalue weighted by molar-refractivity contribution is 0.386. The van der Waals surface area contributed by atoms with Crippen molar-refractivity contribution in [1.82, 2.24) is 10.2 Å². The minimum Gasteiger partial charge on any atom is -0.354 e. The highest BCUT2D eigenvalue weighted by molar-refractivity contribution is 5.80. The third-order valence-electron chi connectivity index (χ3n) is 4.52. The quantitative estimate of drug-likeness (QED) is 0.524. The maximum atomic E-state index is 5.13.